The van der Waals surface area contributed by atoms with Crippen LogP contribution in [-0.2, 0) is 4.79 Å². The van der Waals surface area contributed by atoms with Crippen molar-refractivity contribution in [1.82, 2.24) is 0 Å². The fraction of sp³-hybridized carbons (Fsp3) is 0.267. The largest absolute Gasteiger partial charge is 0.461 e. The van der Waals surface area contributed by atoms with E-state index in [4.69, 9.17) is 4.42 Å². The number of furan rings is 1. The monoisotopic (exact) mass is 243 g/mol. The lowest BCUT2D eigenvalue weighted by molar-refractivity contribution is -0.114. The summed E-state index contributed by atoms with van der Waals surface area (Å²) in [5, 5.41) is 2.85. The van der Waals surface area contributed by atoms with Gasteiger partial charge in [0.15, 0.2) is 0 Å². The van der Waals surface area contributed by atoms with Crippen molar-refractivity contribution in [1.29, 1.82) is 0 Å². The molecule has 0 unspecified atom stereocenters. The summed E-state index contributed by atoms with van der Waals surface area (Å²) < 4.78 is 5.64. The van der Waals surface area contributed by atoms with Crippen LogP contribution in [0.2, 0.25) is 0 Å². The molecule has 2 rings (SSSR count). The number of aryl methyl sites for hydroxylation is 3. The van der Waals surface area contributed by atoms with E-state index in [0.717, 1.165) is 28.3 Å². The first-order valence-corrected chi connectivity index (χ1v) is 5.93. The van der Waals surface area contributed by atoms with Crippen LogP contribution >= 0.6 is 0 Å². The number of amides is 1. The predicted molar refractivity (Wildman–Crippen MR) is 72.7 cm³/mol. The Labute approximate surface area is 107 Å². The maximum Gasteiger partial charge on any atom is 0.221 e. The SMILES string of the molecule is CC(=O)Nc1cc(C)c(C)cc1-c1ccc(C)o1. The van der Waals surface area contributed by atoms with E-state index >= 15 is 0 Å². The van der Waals surface area contributed by atoms with Gasteiger partial charge in [-0.25, -0.2) is 0 Å². The average molecular weight is 243 g/mol. The lowest BCUT2D eigenvalue weighted by Gasteiger charge is -2.11. The summed E-state index contributed by atoms with van der Waals surface area (Å²) in [5.74, 6) is 1.55. The zero-order valence-electron chi connectivity index (χ0n) is 11.1. The van der Waals surface area contributed by atoms with Crippen LogP contribution in [0.1, 0.15) is 23.8 Å². The minimum Gasteiger partial charge on any atom is -0.461 e. The van der Waals surface area contributed by atoms with Crippen LogP contribution < -0.4 is 5.32 Å². The Morgan fingerprint density at radius 1 is 1.11 bits per heavy atom. The molecule has 1 aromatic heterocycles. The molecule has 0 saturated heterocycles. The zero-order valence-corrected chi connectivity index (χ0v) is 11.1. The molecule has 94 valence electrons. The highest BCUT2D eigenvalue weighted by atomic mass is 16.3. The lowest BCUT2D eigenvalue weighted by Crippen LogP contribution is -2.07. The molecule has 0 aliphatic heterocycles. The van der Waals surface area contributed by atoms with E-state index in [1.807, 2.05) is 45.0 Å². The zero-order chi connectivity index (χ0) is 13.3. The second kappa shape index (κ2) is 4.69. The van der Waals surface area contributed by atoms with E-state index in [2.05, 4.69) is 5.32 Å². The van der Waals surface area contributed by atoms with E-state index in [9.17, 15) is 4.79 Å². The maximum absolute atomic E-state index is 11.3. The molecule has 0 atom stereocenters. The van der Waals surface area contributed by atoms with Gasteiger partial charge in [-0.15, -0.1) is 0 Å². The summed E-state index contributed by atoms with van der Waals surface area (Å²) in [6.45, 7) is 7.49. The number of anilines is 1. The lowest BCUT2D eigenvalue weighted by atomic mass is 10.0. The number of carbonyl (C=O) groups is 1. The van der Waals surface area contributed by atoms with Crippen molar-refractivity contribution < 1.29 is 9.21 Å². The number of nitrogens with one attached hydrogen (secondary N) is 1. The molecule has 1 aromatic carbocycles. The van der Waals surface area contributed by atoms with Gasteiger partial charge in [0.25, 0.3) is 0 Å². The topological polar surface area (TPSA) is 42.2 Å². The van der Waals surface area contributed by atoms with Gasteiger partial charge in [0.05, 0.1) is 5.69 Å². The first kappa shape index (κ1) is 12.4. The summed E-state index contributed by atoms with van der Waals surface area (Å²) in [6, 6.07) is 7.86. The fourth-order valence-corrected chi connectivity index (χ4v) is 1.89. The smallest absolute Gasteiger partial charge is 0.221 e. The molecule has 1 N–H and O–H groups in total. The van der Waals surface area contributed by atoms with Gasteiger partial charge in [-0.05, 0) is 56.2 Å². The van der Waals surface area contributed by atoms with Crippen molar-refractivity contribution in [2.75, 3.05) is 5.32 Å². The number of benzene rings is 1. The Bertz CT molecular complexity index is 597. The molecule has 3 nitrogen and oxygen atoms in total. The molecule has 3 heteroatoms. The summed E-state index contributed by atoms with van der Waals surface area (Å²) in [6.07, 6.45) is 0. The molecule has 2 aromatic rings. The van der Waals surface area contributed by atoms with Gasteiger partial charge < -0.3 is 9.73 Å². The van der Waals surface area contributed by atoms with E-state index < -0.39 is 0 Å². The van der Waals surface area contributed by atoms with Gasteiger partial charge in [-0.2, -0.15) is 0 Å². The van der Waals surface area contributed by atoms with Crippen molar-refractivity contribution in [2.24, 2.45) is 0 Å². The first-order valence-electron chi connectivity index (χ1n) is 5.93. The average Bonchev–Trinajstić information content (AvgIpc) is 2.69. The molecule has 0 aliphatic carbocycles. The van der Waals surface area contributed by atoms with E-state index in [-0.39, 0.29) is 5.91 Å². The second-order valence-electron chi connectivity index (χ2n) is 4.57. The molecular weight excluding hydrogens is 226 g/mol. The Hall–Kier alpha value is -2.03. The molecule has 0 bridgehead atoms. The van der Waals surface area contributed by atoms with Gasteiger partial charge in [0.2, 0.25) is 5.91 Å². The van der Waals surface area contributed by atoms with Crippen LogP contribution in [0.15, 0.2) is 28.7 Å². The molecule has 0 spiro atoms. The molecular formula is C15H17NO2. The Morgan fingerprint density at radius 3 is 2.33 bits per heavy atom. The summed E-state index contributed by atoms with van der Waals surface area (Å²) in [4.78, 5) is 11.3. The third kappa shape index (κ3) is 2.45. The Kier molecular flexibility index (Phi) is 3.24. The highest BCUT2D eigenvalue weighted by Gasteiger charge is 2.11. The quantitative estimate of drug-likeness (QED) is 0.871. The van der Waals surface area contributed by atoms with Crippen LogP contribution in [0.25, 0.3) is 11.3 Å². The van der Waals surface area contributed by atoms with Crippen molar-refractivity contribution >= 4 is 11.6 Å². The fourth-order valence-electron chi connectivity index (χ4n) is 1.89. The van der Waals surface area contributed by atoms with Crippen LogP contribution in [0, 0.1) is 20.8 Å². The van der Waals surface area contributed by atoms with E-state index in [1.165, 1.54) is 12.5 Å². The predicted octanol–water partition coefficient (Wildman–Crippen LogP) is 3.83. The van der Waals surface area contributed by atoms with Gasteiger partial charge >= 0.3 is 0 Å². The van der Waals surface area contributed by atoms with Gasteiger partial charge in [0.1, 0.15) is 11.5 Å². The van der Waals surface area contributed by atoms with Gasteiger partial charge in [-0.3, -0.25) is 4.79 Å². The second-order valence-corrected chi connectivity index (χ2v) is 4.57. The third-order valence-corrected chi connectivity index (χ3v) is 2.95. The molecule has 0 aliphatic rings. The highest BCUT2D eigenvalue weighted by Crippen LogP contribution is 2.32. The standard InChI is InChI=1S/C15H17NO2/c1-9-7-13(15-6-5-11(3)18-15)14(8-10(9)2)16-12(4)17/h5-8H,1-4H3,(H,16,17). The molecule has 0 fully saturated rings. The normalized spacial score (nSPS) is 10.4. The maximum atomic E-state index is 11.3. The molecule has 0 saturated carbocycles. The molecule has 0 radical (unpaired) electrons. The number of hydrogen-bond acceptors (Lipinski definition) is 2. The molecule has 1 heterocycles. The number of rotatable bonds is 2. The first-order chi connectivity index (χ1) is 8.47. The van der Waals surface area contributed by atoms with Crippen molar-refractivity contribution in [2.45, 2.75) is 27.7 Å². The summed E-state index contributed by atoms with van der Waals surface area (Å²) in [5.41, 5.74) is 4.03. The van der Waals surface area contributed by atoms with Crippen molar-refractivity contribution in [3.05, 3.63) is 41.2 Å². The Balaban J connectivity index is 2.56. The minimum absolute atomic E-state index is 0.0808. The van der Waals surface area contributed by atoms with Crippen LogP contribution in [0.3, 0.4) is 0 Å². The molecule has 18 heavy (non-hydrogen) atoms. The third-order valence-electron chi connectivity index (χ3n) is 2.95. The minimum atomic E-state index is -0.0808. The van der Waals surface area contributed by atoms with Crippen LogP contribution in [0.4, 0.5) is 5.69 Å². The molecule has 1 amide bonds. The van der Waals surface area contributed by atoms with Crippen LogP contribution in [0.5, 0.6) is 0 Å². The Morgan fingerprint density at radius 2 is 1.78 bits per heavy atom. The van der Waals surface area contributed by atoms with Gasteiger partial charge in [0, 0.05) is 12.5 Å². The van der Waals surface area contributed by atoms with Gasteiger partial charge in [-0.1, -0.05) is 0 Å². The summed E-state index contributed by atoms with van der Waals surface area (Å²) >= 11 is 0. The van der Waals surface area contributed by atoms with E-state index in [0.29, 0.717) is 0 Å². The van der Waals surface area contributed by atoms with E-state index in [1.54, 1.807) is 0 Å². The van der Waals surface area contributed by atoms with Crippen LogP contribution in [-0.4, -0.2) is 5.91 Å². The number of carbonyl (C=O) groups excluding carboxylic acids is 1. The number of hydrogen-bond donors (Lipinski definition) is 1. The highest BCUT2D eigenvalue weighted by molar-refractivity contribution is 5.93. The van der Waals surface area contributed by atoms with Crippen molar-refractivity contribution in [3.63, 3.8) is 0 Å². The van der Waals surface area contributed by atoms with Crippen molar-refractivity contribution in [3.8, 4) is 11.3 Å². The summed E-state index contributed by atoms with van der Waals surface area (Å²) in [7, 11) is 0.